The molecule has 2 heterocycles. The normalized spacial score (nSPS) is 11.3. The lowest BCUT2D eigenvalue weighted by molar-refractivity contribution is 0.318. The Morgan fingerprint density at radius 3 is 2.31 bits per heavy atom. The first-order valence-corrected chi connectivity index (χ1v) is 10.6. The van der Waals surface area contributed by atoms with Gasteiger partial charge in [-0.3, -0.25) is 13.9 Å². The van der Waals surface area contributed by atoms with Gasteiger partial charge in [-0.1, -0.05) is 13.8 Å². The van der Waals surface area contributed by atoms with Gasteiger partial charge in [0.05, 0.1) is 6.61 Å². The number of hydrogen-bond donors (Lipinski definition) is 0. The van der Waals surface area contributed by atoms with Crippen LogP contribution in [-0.4, -0.2) is 31.2 Å². The number of fused-ring (bicyclic) bond motifs is 1. The average molecular weight is 419 g/mol. The van der Waals surface area contributed by atoms with Crippen LogP contribution in [0.15, 0.2) is 33.9 Å². The molecule has 0 N–H and O–H groups in total. The fourth-order valence-electron chi connectivity index (χ4n) is 3.41. The van der Waals surface area contributed by atoms with Gasteiger partial charge in [-0.2, -0.15) is 0 Å². The molecule has 0 aliphatic rings. The molecule has 0 bridgehead atoms. The SMILES string of the molecule is CCCn1c(=O)c2c(nc(-c3ccc(OCCCCl)cc3)n2C)n(CCC)c1=O. The van der Waals surface area contributed by atoms with E-state index in [9.17, 15) is 9.59 Å². The molecular formula is C21H27ClN4O3. The first kappa shape index (κ1) is 21.2. The predicted molar refractivity (Wildman–Crippen MR) is 116 cm³/mol. The Morgan fingerprint density at radius 1 is 1.03 bits per heavy atom. The second-order valence-electron chi connectivity index (χ2n) is 6.97. The summed E-state index contributed by atoms with van der Waals surface area (Å²) >= 11 is 5.68. The van der Waals surface area contributed by atoms with Crippen molar-refractivity contribution >= 4 is 22.8 Å². The van der Waals surface area contributed by atoms with E-state index in [4.69, 9.17) is 16.3 Å². The fourth-order valence-corrected chi connectivity index (χ4v) is 3.52. The summed E-state index contributed by atoms with van der Waals surface area (Å²) in [5, 5.41) is 0. The quantitative estimate of drug-likeness (QED) is 0.394. The average Bonchev–Trinajstić information content (AvgIpc) is 3.06. The van der Waals surface area contributed by atoms with Gasteiger partial charge in [0.15, 0.2) is 11.2 Å². The number of hydrogen-bond acceptors (Lipinski definition) is 4. The molecule has 29 heavy (non-hydrogen) atoms. The maximum absolute atomic E-state index is 13.0. The van der Waals surface area contributed by atoms with Crippen LogP contribution in [0.1, 0.15) is 33.1 Å². The van der Waals surface area contributed by atoms with Gasteiger partial charge in [0, 0.05) is 31.6 Å². The summed E-state index contributed by atoms with van der Waals surface area (Å²) in [5.41, 5.74) is 1.16. The lowest BCUT2D eigenvalue weighted by Gasteiger charge is -2.10. The first-order valence-electron chi connectivity index (χ1n) is 10.0. The monoisotopic (exact) mass is 418 g/mol. The summed E-state index contributed by atoms with van der Waals surface area (Å²) in [5.74, 6) is 1.96. The highest BCUT2D eigenvalue weighted by Gasteiger charge is 2.20. The van der Waals surface area contributed by atoms with Gasteiger partial charge in [-0.15, -0.1) is 11.6 Å². The molecule has 8 heteroatoms. The Morgan fingerprint density at radius 2 is 1.69 bits per heavy atom. The van der Waals surface area contributed by atoms with E-state index in [2.05, 4.69) is 4.98 Å². The molecule has 0 saturated heterocycles. The lowest BCUT2D eigenvalue weighted by Crippen LogP contribution is -2.40. The van der Waals surface area contributed by atoms with E-state index in [-0.39, 0.29) is 11.2 Å². The third-order valence-corrected chi connectivity index (χ3v) is 5.06. The maximum atomic E-state index is 13.0. The van der Waals surface area contributed by atoms with Gasteiger partial charge in [0.25, 0.3) is 5.56 Å². The minimum absolute atomic E-state index is 0.290. The third-order valence-electron chi connectivity index (χ3n) is 4.80. The van der Waals surface area contributed by atoms with Crippen LogP contribution in [-0.2, 0) is 20.1 Å². The summed E-state index contributed by atoms with van der Waals surface area (Å²) < 4.78 is 10.3. The van der Waals surface area contributed by atoms with E-state index >= 15 is 0 Å². The van der Waals surface area contributed by atoms with E-state index in [1.807, 2.05) is 45.2 Å². The summed E-state index contributed by atoms with van der Waals surface area (Å²) in [6.45, 7) is 5.43. The van der Waals surface area contributed by atoms with Crippen LogP contribution in [0, 0.1) is 0 Å². The largest absolute Gasteiger partial charge is 0.494 e. The highest BCUT2D eigenvalue weighted by Crippen LogP contribution is 2.24. The van der Waals surface area contributed by atoms with Gasteiger partial charge >= 0.3 is 5.69 Å². The number of aryl methyl sites for hydroxylation is 2. The molecule has 3 rings (SSSR count). The first-order chi connectivity index (χ1) is 14.0. The molecule has 0 fully saturated rings. The Kier molecular flexibility index (Phi) is 6.79. The molecule has 0 radical (unpaired) electrons. The van der Waals surface area contributed by atoms with Gasteiger partial charge < -0.3 is 9.30 Å². The van der Waals surface area contributed by atoms with Crippen LogP contribution in [0.5, 0.6) is 5.75 Å². The van der Waals surface area contributed by atoms with Crippen LogP contribution < -0.4 is 16.0 Å². The predicted octanol–water partition coefficient (Wildman–Crippen LogP) is 3.39. The van der Waals surface area contributed by atoms with Crippen molar-refractivity contribution in [1.82, 2.24) is 18.7 Å². The van der Waals surface area contributed by atoms with Crippen LogP contribution in [0.25, 0.3) is 22.6 Å². The highest BCUT2D eigenvalue weighted by atomic mass is 35.5. The fraction of sp³-hybridized carbons (Fsp3) is 0.476. The zero-order chi connectivity index (χ0) is 21.0. The number of halogens is 1. The van der Waals surface area contributed by atoms with Crippen molar-refractivity contribution < 1.29 is 4.74 Å². The standard InChI is InChI=1S/C21H27ClN4O3/c1-4-12-25-19-17(20(27)26(13-5-2)21(25)28)24(3)18(23-19)15-7-9-16(10-8-15)29-14-6-11-22/h7-10H,4-6,11-14H2,1-3H3. The molecule has 2 aromatic heterocycles. The summed E-state index contributed by atoms with van der Waals surface area (Å²) in [4.78, 5) is 30.6. The molecule has 7 nitrogen and oxygen atoms in total. The summed E-state index contributed by atoms with van der Waals surface area (Å²) in [6, 6.07) is 7.56. The molecule has 3 aromatic rings. The second kappa shape index (κ2) is 9.31. The summed E-state index contributed by atoms with van der Waals surface area (Å²) in [6.07, 6.45) is 2.27. The second-order valence-corrected chi connectivity index (χ2v) is 7.35. The number of imidazole rings is 1. The van der Waals surface area contributed by atoms with Gasteiger partial charge in [-0.25, -0.2) is 9.78 Å². The van der Waals surface area contributed by atoms with Crippen molar-refractivity contribution in [3.63, 3.8) is 0 Å². The third kappa shape index (κ3) is 4.10. The van der Waals surface area contributed by atoms with Crippen molar-refractivity contribution in [2.45, 2.75) is 46.2 Å². The van der Waals surface area contributed by atoms with Crippen molar-refractivity contribution in [3.05, 3.63) is 45.1 Å². The maximum Gasteiger partial charge on any atom is 0.332 e. The number of nitrogens with zero attached hydrogens (tertiary/aromatic N) is 4. The van der Waals surface area contributed by atoms with Crippen molar-refractivity contribution in [2.75, 3.05) is 12.5 Å². The molecule has 0 atom stereocenters. The zero-order valence-electron chi connectivity index (χ0n) is 17.2. The zero-order valence-corrected chi connectivity index (χ0v) is 17.9. The highest BCUT2D eigenvalue weighted by molar-refractivity contribution is 6.17. The van der Waals surface area contributed by atoms with E-state index in [0.717, 1.165) is 24.2 Å². The Balaban J connectivity index is 2.12. The molecule has 1 aromatic carbocycles. The minimum atomic E-state index is -0.293. The number of alkyl halides is 1. The summed E-state index contributed by atoms with van der Waals surface area (Å²) in [7, 11) is 1.81. The van der Waals surface area contributed by atoms with E-state index in [0.29, 0.717) is 49.0 Å². The number of aromatic nitrogens is 4. The number of ether oxygens (including phenoxy) is 1. The molecule has 156 valence electrons. The Labute approximate surface area is 174 Å². The van der Waals surface area contributed by atoms with E-state index in [1.54, 1.807) is 9.13 Å². The van der Waals surface area contributed by atoms with Crippen LogP contribution >= 0.6 is 11.6 Å². The Hall–Kier alpha value is -2.54. The topological polar surface area (TPSA) is 71.1 Å². The van der Waals surface area contributed by atoms with Crippen molar-refractivity contribution in [2.24, 2.45) is 7.05 Å². The van der Waals surface area contributed by atoms with Gasteiger partial charge in [0.2, 0.25) is 0 Å². The molecule has 0 aliphatic heterocycles. The number of rotatable bonds is 9. The molecular weight excluding hydrogens is 392 g/mol. The lowest BCUT2D eigenvalue weighted by atomic mass is 10.2. The smallest absolute Gasteiger partial charge is 0.332 e. The van der Waals surface area contributed by atoms with E-state index in [1.165, 1.54) is 4.57 Å². The Bertz CT molecular complexity index is 1100. The van der Waals surface area contributed by atoms with Crippen molar-refractivity contribution in [1.29, 1.82) is 0 Å². The van der Waals surface area contributed by atoms with Crippen molar-refractivity contribution in [3.8, 4) is 17.1 Å². The minimum Gasteiger partial charge on any atom is -0.494 e. The van der Waals surface area contributed by atoms with Crippen LogP contribution in [0.2, 0.25) is 0 Å². The molecule has 0 saturated carbocycles. The van der Waals surface area contributed by atoms with E-state index < -0.39 is 0 Å². The molecule has 0 aliphatic carbocycles. The van der Waals surface area contributed by atoms with Gasteiger partial charge in [0.1, 0.15) is 11.6 Å². The number of benzene rings is 1. The van der Waals surface area contributed by atoms with Crippen LogP contribution in [0.3, 0.4) is 0 Å². The molecule has 0 unspecified atom stereocenters. The van der Waals surface area contributed by atoms with Gasteiger partial charge in [-0.05, 0) is 43.5 Å². The molecule has 0 spiro atoms. The molecule has 0 amide bonds. The van der Waals surface area contributed by atoms with Crippen LogP contribution in [0.4, 0.5) is 0 Å².